The highest BCUT2D eigenvalue weighted by Gasteiger charge is 2.24. The van der Waals surface area contributed by atoms with Crippen LogP contribution >= 0.6 is 11.8 Å². The number of nitrogens with zero attached hydrogens (tertiary/aromatic N) is 2. The first-order chi connectivity index (χ1) is 15.8. The number of thioether (sulfide) groups is 1. The van der Waals surface area contributed by atoms with Crippen molar-refractivity contribution in [3.8, 4) is 17.6 Å². The minimum atomic E-state index is -0.196. The van der Waals surface area contributed by atoms with Gasteiger partial charge in [-0.05, 0) is 80.5 Å². The molecule has 0 aliphatic carbocycles. The van der Waals surface area contributed by atoms with E-state index < -0.39 is 0 Å². The quantitative estimate of drug-likeness (QED) is 0.268. The van der Waals surface area contributed by atoms with Gasteiger partial charge in [0.25, 0.3) is 0 Å². The standard InChI is InChI=1S/C28H31N3OS/c1-6-14-28(5,20(2)3)24-8-11-25(12-9-24)32-26-10-7-22-13-15-31(18-23(22)16-26)21(4)19-33-27(30)17-29/h6-12,14,16,19,30H,2,13,15,18H2,1,3-5H3/b14-6+,21-19+,30-27?. The van der Waals surface area contributed by atoms with E-state index in [9.17, 15) is 0 Å². The van der Waals surface area contributed by atoms with Crippen molar-refractivity contribution in [2.45, 2.75) is 46.1 Å². The minimum Gasteiger partial charge on any atom is -0.457 e. The van der Waals surface area contributed by atoms with E-state index in [0.29, 0.717) is 0 Å². The molecule has 1 N–H and O–H groups in total. The van der Waals surface area contributed by atoms with Crippen LogP contribution in [0, 0.1) is 16.7 Å². The van der Waals surface area contributed by atoms with Crippen molar-refractivity contribution in [3.63, 3.8) is 0 Å². The van der Waals surface area contributed by atoms with Crippen molar-refractivity contribution < 1.29 is 4.74 Å². The summed E-state index contributed by atoms with van der Waals surface area (Å²) in [5, 5.41) is 18.2. The molecule has 0 aromatic heterocycles. The van der Waals surface area contributed by atoms with Gasteiger partial charge >= 0.3 is 0 Å². The molecule has 0 saturated heterocycles. The van der Waals surface area contributed by atoms with Crippen molar-refractivity contribution in [1.82, 2.24) is 4.90 Å². The van der Waals surface area contributed by atoms with Crippen LogP contribution in [0.4, 0.5) is 0 Å². The van der Waals surface area contributed by atoms with Crippen molar-refractivity contribution in [2.24, 2.45) is 0 Å². The maximum absolute atomic E-state index is 8.78. The van der Waals surface area contributed by atoms with E-state index in [0.717, 1.165) is 54.0 Å². The largest absolute Gasteiger partial charge is 0.457 e. The van der Waals surface area contributed by atoms with Crippen molar-refractivity contribution in [2.75, 3.05) is 6.54 Å². The molecule has 0 radical (unpaired) electrons. The molecule has 2 aromatic rings. The van der Waals surface area contributed by atoms with Gasteiger partial charge in [-0.1, -0.05) is 54.3 Å². The van der Waals surface area contributed by atoms with Crippen LogP contribution in [0.15, 0.2) is 77.9 Å². The number of fused-ring (bicyclic) bond motifs is 1. The van der Waals surface area contributed by atoms with Gasteiger partial charge in [-0.3, -0.25) is 5.41 Å². The van der Waals surface area contributed by atoms with Gasteiger partial charge in [0.15, 0.2) is 5.04 Å². The van der Waals surface area contributed by atoms with E-state index in [2.05, 4.69) is 61.7 Å². The number of nitrogens with one attached hydrogen (secondary N) is 1. The minimum absolute atomic E-state index is 0.00254. The van der Waals surface area contributed by atoms with Crippen molar-refractivity contribution in [1.29, 1.82) is 10.7 Å². The number of rotatable bonds is 7. The molecule has 3 rings (SSSR count). The van der Waals surface area contributed by atoms with Crippen LogP contribution in [0.25, 0.3) is 0 Å². The molecule has 33 heavy (non-hydrogen) atoms. The molecule has 0 bridgehead atoms. The molecule has 4 nitrogen and oxygen atoms in total. The number of allylic oxidation sites excluding steroid dienone is 4. The highest BCUT2D eigenvalue weighted by molar-refractivity contribution is 8.16. The lowest BCUT2D eigenvalue weighted by molar-refractivity contribution is 0.323. The third kappa shape index (κ3) is 5.77. The molecular weight excluding hydrogens is 426 g/mol. The third-order valence-electron chi connectivity index (χ3n) is 6.21. The van der Waals surface area contributed by atoms with Crippen molar-refractivity contribution in [3.05, 3.63) is 94.6 Å². The number of nitriles is 1. The van der Waals surface area contributed by atoms with E-state index in [1.807, 2.05) is 43.5 Å². The van der Waals surface area contributed by atoms with E-state index in [-0.39, 0.29) is 10.5 Å². The Labute approximate surface area is 201 Å². The fourth-order valence-corrected chi connectivity index (χ4v) is 4.46. The zero-order valence-electron chi connectivity index (χ0n) is 19.8. The Morgan fingerprint density at radius 1 is 1.18 bits per heavy atom. The zero-order chi connectivity index (χ0) is 24.0. The summed E-state index contributed by atoms with van der Waals surface area (Å²) in [5.74, 6) is 1.63. The van der Waals surface area contributed by atoms with Crippen LogP contribution in [0.2, 0.25) is 0 Å². The fraction of sp³-hybridized carbons (Fsp3) is 0.286. The Morgan fingerprint density at radius 3 is 2.52 bits per heavy atom. The van der Waals surface area contributed by atoms with E-state index in [1.165, 1.54) is 16.7 Å². The lowest BCUT2D eigenvalue weighted by atomic mass is 9.77. The summed E-state index contributed by atoms with van der Waals surface area (Å²) in [6.45, 7) is 14.2. The topological polar surface area (TPSA) is 60.1 Å². The normalized spacial score (nSPS) is 15.5. The van der Waals surface area contributed by atoms with Gasteiger partial charge in [-0.25, -0.2) is 0 Å². The average Bonchev–Trinajstić information content (AvgIpc) is 2.82. The number of ether oxygens (including phenoxy) is 1. The Bertz CT molecular complexity index is 1140. The van der Waals surface area contributed by atoms with E-state index in [4.69, 9.17) is 15.4 Å². The molecule has 2 aromatic carbocycles. The van der Waals surface area contributed by atoms with Gasteiger partial charge in [-0.2, -0.15) is 5.26 Å². The molecule has 1 aliphatic rings. The number of hydrogen-bond donors (Lipinski definition) is 1. The van der Waals surface area contributed by atoms with E-state index >= 15 is 0 Å². The first-order valence-corrected chi connectivity index (χ1v) is 11.9. The summed E-state index contributed by atoms with van der Waals surface area (Å²) in [4.78, 5) is 2.28. The van der Waals surface area contributed by atoms with Crippen LogP contribution in [-0.2, 0) is 18.4 Å². The monoisotopic (exact) mass is 457 g/mol. The molecule has 170 valence electrons. The van der Waals surface area contributed by atoms with Crippen LogP contribution in [0.3, 0.4) is 0 Å². The molecule has 1 aliphatic heterocycles. The van der Waals surface area contributed by atoms with Gasteiger partial charge in [0.05, 0.1) is 0 Å². The first kappa shape index (κ1) is 24.4. The lowest BCUT2D eigenvalue weighted by Gasteiger charge is -2.31. The molecule has 0 saturated carbocycles. The number of hydrogen-bond acceptors (Lipinski definition) is 5. The van der Waals surface area contributed by atoms with Crippen LogP contribution in [-0.4, -0.2) is 16.5 Å². The molecule has 1 heterocycles. The Morgan fingerprint density at radius 2 is 1.88 bits per heavy atom. The van der Waals surface area contributed by atoms with Crippen LogP contribution in [0.5, 0.6) is 11.5 Å². The van der Waals surface area contributed by atoms with Gasteiger partial charge in [0, 0.05) is 24.2 Å². The summed E-state index contributed by atoms with van der Waals surface area (Å²) >= 11 is 1.16. The third-order valence-corrected chi connectivity index (χ3v) is 7.00. The Kier molecular flexibility index (Phi) is 7.84. The first-order valence-electron chi connectivity index (χ1n) is 11.0. The van der Waals surface area contributed by atoms with E-state index in [1.54, 1.807) is 0 Å². The highest BCUT2D eigenvalue weighted by Crippen LogP contribution is 2.34. The average molecular weight is 458 g/mol. The second-order valence-corrected chi connectivity index (χ2v) is 9.41. The zero-order valence-corrected chi connectivity index (χ0v) is 20.6. The molecule has 1 atom stereocenters. The lowest BCUT2D eigenvalue weighted by Crippen LogP contribution is -2.28. The van der Waals surface area contributed by atoms with Gasteiger partial charge in [0.1, 0.15) is 17.6 Å². The summed E-state index contributed by atoms with van der Waals surface area (Å²) in [6, 6.07) is 16.4. The van der Waals surface area contributed by atoms with Gasteiger partial charge in [-0.15, -0.1) is 0 Å². The number of benzene rings is 2. The second-order valence-electron chi connectivity index (χ2n) is 8.53. The second kappa shape index (κ2) is 10.6. The van der Waals surface area contributed by atoms with Crippen LogP contribution < -0.4 is 4.74 Å². The molecule has 0 spiro atoms. The molecule has 0 amide bonds. The summed E-state index contributed by atoms with van der Waals surface area (Å²) in [6.07, 6.45) is 5.21. The maximum atomic E-state index is 8.78. The highest BCUT2D eigenvalue weighted by atomic mass is 32.2. The Balaban J connectivity index is 1.74. The summed E-state index contributed by atoms with van der Waals surface area (Å²) in [7, 11) is 0. The molecule has 1 unspecified atom stereocenters. The smallest absolute Gasteiger partial charge is 0.170 e. The molecule has 0 fully saturated rings. The SMILES string of the molecule is C=C(C)C(C)(/C=C/C)c1ccc(Oc2ccc3c(c2)CN(/C(C)=C/SC(=N)C#N)CC3)cc1. The van der Waals surface area contributed by atoms with Gasteiger partial charge < -0.3 is 9.64 Å². The van der Waals surface area contributed by atoms with Gasteiger partial charge in [0.2, 0.25) is 0 Å². The molecule has 5 heteroatoms. The predicted molar refractivity (Wildman–Crippen MR) is 139 cm³/mol. The maximum Gasteiger partial charge on any atom is 0.170 e. The fourth-order valence-electron chi connectivity index (χ4n) is 3.97. The Hall–Kier alpha value is -3.23. The summed E-state index contributed by atoms with van der Waals surface area (Å²) < 4.78 is 6.18. The summed E-state index contributed by atoms with van der Waals surface area (Å²) in [5.41, 5.74) is 5.73. The van der Waals surface area contributed by atoms with Crippen LogP contribution in [0.1, 0.15) is 44.4 Å². The predicted octanol–water partition coefficient (Wildman–Crippen LogP) is 7.34. The molecular formula is C28H31N3OS. The van der Waals surface area contributed by atoms with Crippen molar-refractivity contribution >= 4 is 16.8 Å².